The van der Waals surface area contributed by atoms with E-state index in [1.807, 2.05) is 0 Å². The molecular weight excluding hydrogens is 348 g/mol. The lowest BCUT2D eigenvalue weighted by atomic mass is 10.3. The number of non-ortho nitro benzene ring substituents is 1. The van der Waals surface area contributed by atoms with Crippen molar-refractivity contribution in [3.63, 3.8) is 0 Å². The van der Waals surface area contributed by atoms with Gasteiger partial charge in [-0.3, -0.25) is 14.9 Å². The molecule has 0 aliphatic rings. The highest BCUT2D eigenvalue weighted by Gasteiger charge is 2.14. The fraction of sp³-hybridized carbons (Fsp3) is 0. The number of aromatic nitrogens is 2. The van der Waals surface area contributed by atoms with Crippen molar-refractivity contribution in [2.24, 2.45) is 0 Å². The molecule has 0 bridgehead atoms. The second-order valence-corrected chi connectivity index (χ2v) is 5.47. The van der Waals surface area contributed by atoms with Crippen LogP contribution in [-0.4, -0.2) is 25.7 Å². The van der Waals surface area contributed by atoms with Crippen LogP contribution in [-0.2, 0) is 0 Å². The van der Waals surface area contributed by atoms with E-state index in [2.05, 4.69) is 10.4 Å². The zero-order valence-corrected chi connectivity index (χ0v) is 13.3. The number of carbonyl (C=O) groups excluding carboxylic acids is 1. The van der Waals surface area contributed by atoms with E-state index in [1.54, 1.807) is 6.07 Å². The van der Waals surface area contributed by atoms with E-state index in [0.29, 0.717) is 10.7 Å². The number of phenols is 1. The number of anilines is 1. The van der Waals surface area contributed by atoms with Crippen LogP contribution in [0.4, 0.5) is 11.4 Å². The second kappa shape index (κ2) is 6.62. The Morgan fingerprint density at radius 1 is 1.24 bits per heavy atom. The Bertz CT molecular complexity index is 970. The number of hydrogen-bond donors (Lipinski definition) is 2. The van der Waals surface area contributed by atoms with Crippen LogP contribution in [0, 0.1) is 10.1 Å². The molecule has 3 aromatic rings. The topological polar surface area (TPSA) is 110 Å². The zero-order valence-electron chi connectivity index (χ0n) is 12.6. The van der Waals surface area contributed by atoms with Gasteiger partial charge in [0.15, 0.2) is 5.69 Å². The zero-order chi connectivity index (χ0) is 18.0. The van der Waals surface area contributed by atoms with Crippen LogP contribution >= 0.6 is 11.6 Å². The van der Waals surface area contributed by atoms with Crippen LogP contribution in [0.15, 0.2) is 54.7 Å². The van der Waals surface area contributed by atoms with Crippen molar-refractivity contribution in [2.45, 2.75) is 0 Å². The number of hydrogen-bond acceptors (Lipinski definition) is 5. The third-order valence-electron chi connectivity index (χ3n) is 3.33. The number of aromatic hydroxyl groups is 1. The number of benzene rings is 2. The minimum Gasteiger partial charge on any atom is -0.506 e. The Labute approximate surface area is 146 Å². The average molecular weight is 359 g/mol. The molecule has 2 aromatic carbocycles. The largest absolute Gasteiger partial charge is 0.506 e. The number of carbonyl (C=O) groups is 1. The molecule has 126 valence electrons. The highest BCUT2D eigenvalue weighted by atomic mass is 35.5. The maximum Gasteiger partial charge on any atom is 0.276 e. The Balaban J connectivity index is 1.83. The summed E-state index contributed by atoms with van der Waals surface area (Å²) in [7, 11) is 0. The summed E-state index contributed by atoms with van der Waals surface area (Å²) >= 11 is 5.83. The molecule has 0 fully saturated rings. The number of nitrogens with zero attached hydrogens (tertiary/aromatic N) is 3. The predicted molar refractivity (Wildman–Crippen MR) is 91.3 cm³/mol. The number of amides is 1. The monoisotopic (exact) mass is 358 g/mol. The van der Waals surface area contributed by atoms with Gasteiger partial charge in [0.25, 0.3) is 11.6 Å². The summed E-state index contributed by atoms with van der Waals surface area (Å²) in [5.74, 6) is -0.683. The molecule has 0 spiro atoms. The van der Waals surface area contributed by atoms with Gasteiger partial charge < -0.3 is 10.4 Å². The van der Waals surface area contributed by atoms with E-state index in [-0.39, 0.29) is 22.8 Å². The maximum absolute atomic E-state index is 12.2. The third-order valence-corrected chi connectivity index (χ3v) is 3.57. The molecule has 1 amide bonds. The fourth-order valence-electron chi connectivity index (χ4n) is 2.13. The Morgan fingerprint density at radius 3 is 2.80 bits per heavy atom. The lowest BCUT2D eigenvalue weighted by Crippen LogP contribution is -2.13. The maximum atomic E-state index is 12.2. The van der Waals surface area contributed by atoms with Crippen LogP contribution in [0.2, 0.25) is 5.02 Å². The molecule has 8 nitrogen and oxygen atoms in total. The van der Waals surface area contributed by atoms with Gasteiger partial charge in [-0.1, -0.05) is 17.7 Å². The van der Waals surface area contributed by atoms with Gasteiger partial charge in [-0.05, 0) is 30.3 Å². The number of phenolic OH excluding ortho intramolecular Hbond substituents is 1. The summed E-state index contributed by atoms with van der Waals surface area (Å²) in [6.45, 7) is 0. The smallest absolute Gasteiger partial charge is 0.276 e. The summed E-state index contributed by atoms with van der Waals surface area (Å²) in [6.07, 6.45) is 1.51. The highest BCUT2D eigenvalue weighted by Crippen LogP contribution is 2.27. The molecule has 0 saturated carbocycles. The van der Waals surface area contributed by atoms with E-state index in [4.69, 9.17) is 11.6 Å². The van der Waals surface area contributed by atoms with Gasteiger partial charge in [-0.25, -0.2) is 4.68 Å². The first kappa shape index (κ1) is 16.5. The minimum absolute atomic E-state index is 0.0749. The van der Waals surface area contributed by atoms with Crippen molar-refractivity contribution in [1.82, 2.24) is 9.78 Å². The van der Waals surface area contributed by atoms with Gasteiger partial charge in [-0.2, -0.15) is 5.10 Å². The van der Waals surface area contributed by atoms with Crippen LogP contribution in [0.25, 0.3) is 5.69 Å². The number of nitro benzene ring substituents is 1. The SMILES string of the molecule is O=C(Nc1cc(Cl)ccc1O)c1ccn(-c2cccc([N+](=O)[O-])c2)n1. The van der Waals surface area contributed by atoms with Crippen molar-refractivity contribution in [1.29, 1.82) is 0 Å². The molecule has 3 rings (SSSR count). The van der Waals surface area contributed by atoms with E-state index in [0.717, 1.165) is 0 Å². The fourth-order valence-corrected chi connectivity index (χ4v) is 2.30. The Hall–Kier alpha value is -3.39. The lowest BCUT2D eigenvalue weighted by Gasteiger charge is -2.06. The molecule has 1 aromatic heterocycles. The van der Waals surface area contributed by atoms with Gasteiger partial charge >= 0.3 is 0 Å². The number of nitro groups is 1. The van der Waals surface area contributed by atoms with Crippen molar-refractivity contribution >= 4 is 28.9 Å². The quantitative estimate of drug-likeness (QED) is 0.422. The van der Waals surface area contributed by atoms with Crippen LogP contribution in [0.3, 0.4) is 0 Å². The summed E-state index contributed by atoms with van der Waals surface area (Å²) < 4.78 is 1.35. The standard InChI is InChI=1S/C16H11ClN4O4/c17-10-4-5-15(22)14(8-10)18-16(23)13-6-7-20(19-13)11-2-1-3-12(9-11)21(24)25/h1-9,22H,(H,18,23). The van der Waals surface area contributed by atoms with Gasteiger partial charge in [0.2, 0.25) is 0 Å². The molecule has 0 unspecified atom stereocenters. The summed E-state index contributed by atoms with van der Waals surface area (Å²) in [6, 6.07) is 11.6. The molecular formula is C16H11ClN4O4. The molecule has 0 aliphatic carbocycles. The van der Waals surface area contributed by atoms with Gasteiger partial charge in [0, 0.05) is 23.4 Å². The van der Waals surface area contributed by atoms with E-state index >= 15 is 0 Å². The van der Waals surface area contributed by atoms with Crippen molar-refractivity contribution in [3.05, 3.63) is 75.6 Å². The molecule has 9 heteroatoms. The Morgan fingerprint density at radius 2 is 2.04 bits per heavy atom. The first-order valence-electron chi connectivity index (χ1n) is 7.04. The van der Waals surface area contributed by atoms with E-state index in [1.165, 1.54) is 53.3 Å². The van der Waals surface area contributed by atoms with Crippen LogP contribution < -0.4 is 5.32 Å². The number of rotatable bonds is 4. The van der Waals surface area contributed by atoms with Gasteiger partial charge in [0.05, 0.1) is 16.3 Å². The molecule has 25 heavy (non-hydrogen) atoms. The molecule has 0 saturated heterocycles. The first-order chi connectivity index (χ1) is 11.9. The van der Waals surface area contributed by atoms with Crippen LogP contribution in [0.1, 0.15) is 10.5 Å². The molecule has 0 radical (unpaired) electrons. The van der Waals surface area contributed by atoms with E-state index < -0.39 is 10.8 Å². The average Bonchev–Trinajstić information content (AvgIpc) is 3.08. The first-order valence-corrected chi connectivity index (χ1v) is 7.42. The summed E-state index contributed by atoms with van der Waals surface area (Å²) in [4.78, 5) is 22.6. The normalized spacial score (nSPS) is 10.4. The van der Waals surface area contributed by atoms with Crippen LogP contribution in [0.5, 0.6) is 5.75 Å². The van der Waals surface area contributed by atoms with Crippen molar-refractivity contribution < 1.29 is 14.8 Å². The summed E-state index contributed by atoms with van der Waals surface area (Å²) in [5.41, 5.74) is 0.593. The Kier molecular flexibility index (Phi) is 4.36. The minimum atomic E-state index is -0.554. The molecule has 0 aliphatic heterocycles. The third kappa shape index (κ3) is 3.59. The van der Waals surface area contributed by atoms with Gasteiger partial charge in [-0.15, -0.1) is 0 Å². The lowest BCUT2D eigenvalue weighted by molar-refractivity contribution is -0.384. The molecule has 1 heterocycles. The molecule has 0 atom stereocenters. The second-order valence-electron chi connectivity index (χ2n) is 5.04. The van der Waals surface area contributed by atoms with Crippen molar-refractivity contribution in [3.8, 4) is 11.4 Å². The number of halogens is 1. The predicted octanol–water partition coefficient (Wildman–Crippen LogP) is 3.39. The summed E-state index contributed by atoms with van der Waals surface area (Å²) in [5, 5.41) is 27.5. The highest BCUT2D eigenvalue weighted by molar-refractivity contribution is 6.31. The van der Waals surface area contributed by atoms with Crippen molar-refractivity contribution in [2.75, 3.05) is 5.32 Å². The molecule has 2 N–H and O–H groups in total. The number of nitrogens with one attached hydrogen (secondary N) is 1. The van der Waals surface area contributed by atoms with Gasteiger partial charge in [0.1, 0.15) is 5.75 Å². The van der Waals surface area contributed by atoms with E-state index in [9.17, 15) is 20.0 Å².